The van der Waals surface area contributed by atoms with E-state index in [0.717, 1.165) is 10.5 Å². The van der Waals surface area contributed by atoms with Gasteiger partial charge in [-0.3, -0.25) is 14.5 Å². The van der Waals surface area contributed by atoms with E-state index in [1.807, 2.05) is 43.3 Å². The van der Waals surface area contributed by atoms with Gasteiger partial charge in [0.15, 0.2) is 0 Å². The van der Waals surface area contributed by atoms with E-state index < -0.39 is 36.0 Å². The number of hydrogen-bond donors (Lipinski definition) is 1. The molecule has 3 aromatic carbocycles. The number of benzene rings is 3. The van der Waals surface area contributed by atoms with Crippen LogP contribution in [0.25, 0.3) is 0 Å². The number of halogens is 1. The Hall–Kier alpha value is -4.00. The quantitative estimate of drug-likeness (QED) is 0.538. The molecule has 0 spiro atoms. The van der Waals surface area contributed by atoms with Crippen LogP contribution < -0.4 is 5.32 Å². The molecular formula is C27H26FN3O3. The molecule has 0 bridgehead atoms. The van der Waals surface area contributed by atoms with Gasteiger partial charge in [0.2, 0.25) is 5.91 Å². The smallest absolute Gasteiger partial charge is 0.325 e. The van der Waals surface area contributed by atoms with Gasteiger partial charge in [-0.15, -0.1) is 0 Å². The molecule has 34 heavy (non-hydrogen) atoms. The Morgan fingerprint density at radius 2 is 1.50 bits per heavy atom. The molecule has 2 atom stereocenters. The van der Waals surface area contributed by atoms with E-state index >= 15 is 0 Å². The lowest BCUT2D eigenvalue weighted by Gasteiger charge is -2.30. The number of carbonyl (C=O) groups is 3. The third-order valence-corrected chi connectivity index (χ3v) is 6.35. The zero-order valence-corrected chi connectivity index (χ0v) is 19.1. The Kier molecular flexibility index (Phi) is 6.45. The van der Waals surface area contributed by atoms with Gasteiger partial charge in [0.25, 0.3) is 5.91 Å². The van der Waals surface area contributed by atoms with Crippen LogP contribution in [0.3, 0.4) is 0 Å². The highest BCUT2D eigenvalue weighted by Gasteiger charge is 2.51. The maximum absolute atomic E-state index is 13.5. The first-order valence-corrected chi connectivity index (χ1v) is 11.1. The van der Waals surface area contributed by atoms with Crippen molar-refractivity contribution in [2.24, 2.45) is 0 Å². The minimum absolute atomic E-state index is 0.352. The number of nitrogens with one attached hydrogen (secondary N) is 1. The van der Waals surface area contributed by atoms with E-state index in [4.69, 9.17) is 0 Å². The Bertz CT molecular complexity index is 1180. The number of likely N-dealkylation sites (N-methyl/N-ethyl adjacent to an activating group) is 1. The van der Waals surface area contributed by atoms with Crippen molar-refractivity contribution in [3.05, 3.63) is 107 Å². The van der Waals surface area contributed by atoms with Gasteiger partial charge in [-0.2, -0.15) is 0 Å². The summed E-state index contributed by atoms with van der Waals surface area (Å²) in [5, 5.41) is 2.80. The molecule has 0 aliphatic carbocycles. The molecule has 1 fully saturated rings. The van der Waals surface area contributed by atoms with E-state index in [0.29, 0.717) is 17.5 Å². The molecule has 4 rings (SSSR count). The lowest BCUT2D eigenvalue weighted by atomic mass is 9.87. The van der Waals surface area contributed by atoms with Crippen LogP contribution in [0.1, 0.15) is 36.1 Å². The van der Waals surface area contributed by atoms with Gasteiger partial charge in [-0.1, -0.05) is 79.7 Å². The first-order valence-electron chi connectivity index (χ1n) is 11.1. The van der Waals surface area contributed by atoms with Gasteiger partial charge < -0.3 is 10.2 Å². The van der Waals surface area contributed by atoms with Crippen LogP contribution in [-0.2, 0) is 15.1 Å². The van der Waals surface area contributed by atoms with Gasteiger partial charge in [-0.05, 0) is 35.2 Å². The summed E-state index contributed by atoms with van der Waals surface area (Å²) in [6, 6.07) is 23.2. The molecule has 2 unspecified atom stereocenters. The van der Waals surface area contributed by atoms with Gasteiger partial charge in [0.1, 0.15) is 17.9 Å². The number of nitrogens with zero attached hydrogens (tertiary/aromatic N) is 2. The summed E-state index contributed by atoms with van der Waals surface area (Å²) in [4.78, 5) is 42.0. The van der Waals surface area contributed by atoms with E-state index in [-0.39, 0.29) is 5.82 Å². The molecule has 7 heteroatoms. The van der Waals surface area contributed by atoms with Crippen molar-refractivity contribution in [2.75, 3.05) is 13.6 Å². The topological polar surface area (TPSA) is 69.7 Å². The molecule has 1 aliphatic heterocycles. The molecule has 0 saturated carbocycles. The molecule has 0 aromatic heterocycles. The highest BCUT2D eigenvalue weighted by molar-refractivity contribution is 6.09. The third-order valence-electron chi connectivity index (χ3n) is 6.35. The zero-order valence-electron chi connectivity index (χ0n) is 19.1. The maximum atomic E-state index is 13.5. The Morgan fingerprint density at radius 3 is 2.09 bits per heavy atom. The van der Waals surface area contributed by atoms with Crippen molar-refractivity contribution in [3.8, 4) is 0 Å². The molecule has 1 saturated heterocycles. The summed E-state index contributed by atoms with van der Waals surface area (Å²) >= 11 is 0. The largest absolute Gasteiger partial charge is 0.333 e. The van der Waals surface area contributed by atoms with Crippen LogP contribution in [0.15, 0.2) is 84.9 Å². The van der Waals surface area contributed by atoms with Crippen LogP contribution >= 0.6 is 0 Å². The Balaban J connectivity index is 1.61. The molecule has 4 amide bonds. The first-order chi connectivity index (χ1) is 16.4. The van der Waals surface area contributed by atoms with Crippen molar-refractivity contribution in [1.29, 1.82) is 0 Å². The fourth-order valence-electron chi connectivity index (χ4n) is 4.44. The van der Waals surface area contributed by atoms with Crippen molar-refractivity contribution in [2.45, 2.75) is 24.9 Å². The van der Waals surface area contributed by atoms with Gasteiger partial charge in [-0.25, -0.2) is 9.18 Å². The van der Waals surface area contributed by atoms with Gasteiger partial charge in [0.05, 0.1) is 6.04 Å². The average molecular weight is 460 g/mol. The number of amides is 4. The number of imide groups is 1. The van der Waals surface area contributed by atoms with E-state index in [1.165, 1.54) is 17.0 Å². The summed E-state index contributed by atoms with van der Waals surface area (Å²) < 4.78 is 13.5. The zero-order chi connectivity index (χ0) is 24.3. The number of rotatable bonds is 7. The molecule has 6 nitrogen and oxygen atoms in total. The average Bonchev–Trinajstić information content (AvgIpc) is 3.11. The second-order valence-corrected chi connectivity index (χ2v) is 8.32. The van der Waals surface area contributed by atoms with E-state index in [1.54, 1.807) is 43.4 Å². The molecule has 1 heterocycles. The molecule has 1 N–H and O–H groups in total. The molecule has 3 aromatic rings. The SMILES string of the molecule is CCC1(c2ccccc2)NC(=O)N(CC(=O)N(C)C(c2ccccc2)c2ccc(F)cc2)C1=O. The fourth-order valence-corrected chi connectivity index (χ4v) is 4.44. The minimum Gasteiger partial charge on any atom is -0.333 e. The van der Waals surface area contributed by atoms with Crippen LogP contribution in [-0.4, -0.2) is 41.2 Å². The van der Waals surface area contributed by atoms with Gasteiger partial charge in [0, 0.05) is 7.05 Å². The number of hydrogen-bond acceptors (Lipinski definition) is 3. The van der Waals surface area contributed by atoms with Crippen LogP contribution in [0, 0.1) is 5.82 Å². The van der Waals surface area contributed by atoms with Crippen LogP contribution in [0.2, 0.25) is 0 Å². The van der Waals surface area contributed by atoms with Crippen molar-refractivity contribution in [3.63, 3.8) is 0 Å². The molecule has 1 aliphatic rings. The summed E-state index contributed by atoms with van der Waals surface area (Å²) in [6.07, 6.45) is 0.352. The molecule has 174 valence electrons. The second kappa shape index (κ2) is 9.47. The molecular weight excluding hydrogens is 433 g/mol. The summed E-state index contributed by atoms with van der Waals surface area (Å²) in [7, 11) is 1.62. The monoisotopic (exact) mass is 459 g/mol. The lowest BCUT2D eigenvalue weighted by Crippen LogP contribution is -2.45. The van der Waals surface area contributed by atoms with Crippen molar-refractivity contribution < 1.29 is 18.8 Å². The normalized spacial score (nSPS) is 18.5. The predicted molar refractivity (Wildman–Crippen MR) is 126 cm³/mol. The van der Waals surface area contributed by atoms with Gasteiger partial charge >= 0.3 is 6.03 Å². The standard InChI is InChI=1S/C27H26FN3O3/c1-3-27(21-12-8-5-9-13-21)25(33)31(26(34)29-27)18-23(32)30(2)24(19-10-6-4-7-11-19)20-14-16-22(28)17-15-20/h4-17,24H,3,18H2,1-2H3,(H,29,34). The second-order valence-electron chi connectivity index (χ2n) is 8.32. The van der Waals surface area contributed by atoms with Crippen LogP contribution in [0.5, 0.6) is 0 Å². The predicted octanol–water partition coefficient (Wildman–Crippen LogP) is 4.23. The fraction of sp³-hybridized carbons (Fsp3) is 0.222. The summed E-state index contributed by atoms with van der Waals surface area (Å²) in [6.45, 7) is 1.42. The number of carbonyl (C=O) groups excluding carboxylic acids is 3. The third kappa shape index (κ3) is 4.17. The first kappa shape index (κ1) is 23.2. The Morgan fingerprint density at radius 1 is 0.941 bits per heavy atom. The van der Waals surface area contributed by atoms with Crippen molar-refractivity contribution in [1.82, 2.24) is 15.1 Å². The summed E-state index contributed by atoms with van der Waals surface area (Å²) in [5.41, 5.74) is 1.02. The maximum Gasteiger partial charge on any atom is 0.325 e. The highest BCUT2D eigenvalue weighted by atomic mass is 19.1. The van der Waals surface area contributed by atoms with E-state index in [2.05, 4.69) is 5.32 Å². The highest BCUT2D eigenvalue weighted by Crippen LogP contribution is 2.33. The van der Waals surface area contributed by atoms with E-state index in [9.17, 15) is 18.8 Å². The van der Waals surface area contributed by atoms with Crippen molar-refractivity contribution >= 4 is 17.8 Å². The van der Waals surface area contributed by atoms with Crippen LogP contribution in [0.4, 0.5) is 9.18 Å². The summed E-state index contributed by atoms with van der Waals surface area (Å²) in [5.74, 6) is -1.24. The number of urea groups is 1. The molecule has 0 radical (unpaired) electrons. The lowest BCUT2D eigenvalue weighted by molar-refractivity contribution is -0.139. The minimum atomic E-state index is -1.20. The Labute approximate surface area is 198 Å².